The summed E-state index contributed by atoms with van der Waals surface area (Å²) in [5.74, 6) is -0.380. The standard InChI is InChI=1S/C22H17BrF3N3O2/c1-11-17(18(23)12(2)31-11)20(30)29-19(13-6-4-3-5-7-13)14-8-9-15-16(10-14)28-21(27-15)22(24,25)26/h3-10,19H,1-2H3,(H,27,28)(H,29,30). The summed E-state index contributed by atoms with van der Waals surface area (Å²) >= 11 is 3.38. The van der Waals surface area contributed by atoms with Gasteiger partial charge in [0.1, 0.15) is 11.5 Å². The van der Waals surface area contributed by atoms with Crippen LogP contribution in [0.1, 0.15) is 44.9 Å². The van der Waals surface area contributed by atoms with Crippen molar-refractivity contribution in [2.24, 2.45) is 0 Å². The van der Waals surface area contributed by atoms with Gasteiger partial charge in [-0.05, 0) is 53.0 Å². The van der Waals surface area contributed by atoms with E-state index in [-0.39, 0.29) is 16.9 Å². The molecule has 31 heavy (non-hydrogen) atoms. The molecule has 9 heteroatoms. The molecule has 2 aromatic heterocycles. The second kappa shape index (κ2) is 7.88. The van der Waals surface area contributed by atoms with Crippen molar-refractivity contribution in [3.05, 3.63) is 87.0 Å². The molecule has 0 aliphatic carbocycles. The molecule has 1 atom stereocenters. The third kappa shape index (κ3) is 4.10. The van der Waals surface area contributed by atoms with Gasteiger partial charge in [0.05, 0.1) is 27.1 Å². The van der Waals surface area contributed by atoms with Gasteiger partial charge in [-0.15, -0.1) is 0 Å². The van der Waals surface area contributed by atoms with Crippen LogP contribution in [0.2, 0.25) is 0 Å². The van der Waals surface area contributed by atoms with Crippen LogP contribution in [-0.4, -0.2) is 15.9 Å². The molecule has 0 bridgehead atoms. The number of nitrogens with zero attached hydrogens (tertiary/aromatic N) is 1. The number of amides is 1. The number of hydrogen-bond acceptors (Lipinski definition) is 3. The van der Waals surface area contributed by atoms with Gasteiger partial charge in [-0.25, -0.2) is 4.98 Å². The van der Waals surface area contributed by atoms with E-state index in [2.05, 4.69) is 31.2 Å². The van der Waals surface area contributed by atoms with Crippen LogP contribution >= 0.6 is 15.9 Å². The van der Waals surface area contributed by atoms with Gasteiger partial charge in [-0.1, -0.05) is 36.4 Å². The highest BCUT2D eigenvalue weighted by Gasteiger charge is 2.35. The Bertz CT molecular complexity index is 1260. The Morgan fingerprint density at radius 3 is 2.42 bits per heavy atom. The first-order chi connectivity index (χ1) is 14.6. The number of fused-ring (bicyclic) bond motifs is 1. The lowest BCUT2D eigenvalue weighted by Gasteiger charge is -2.20. The number of aromatic amines is 1. The Morgan fingerprint density at radius 2 is 1.81 bits per heavy atom. The molecule has 160 valence electrons. The average molecular weight is 492 g/mol. The molecular formula is C22H17BrF3N3O2. The first-order valence-corrected chi connectivity index (χ1v) is 10.1. The highest BCUT2D eigenvalue weighted by molar-refractivity contribution is 9.10. The summed E-state index contributed by atoms with van der Waals surface area (Å²) < 4.78 is 45.2. The monoisotopic (exact) mass is 491 g/mol. The fraction of sp³-hybridized carbons (Fsp3) is 0.182. The lowest BCUT2D eigenvalue weighted by molar-refractivity contribution is -0.144. The van der Waals surface area contributed by atoms with Gasteiger partial charge < -0.3 is 14.7 Å². The molecule has 0 aliphatic heterocycles. The Balaban J connectivity index is 1.76. The van der Waals surface area contributed by atoms with E-state index < -0.39 is 18.0 Å². The number of alkyl halides is 3. The minimum atomic E-state index is -4.57. The maximum atomic E-state index is 13.1. The summed E-state index contributed by atoms with van der Waals surface area (Å²) in [5, 5.41) is 2.98. The summed E-state index contributed by atoms with van der Waals surface area (Å²) in [6, 6.07) is 13.3. The first-order valence-electron chi connectivity index (χ1n) is 9.33. The third-order valence-corrected chi connectivity index (χ3v) is 5.88. The minimum absolute atomic E-state index is 0.193. The van der Waals surface area contributed by atoms with Crippen LogP contribution in [0.4, 0.5) is 13.2 Å². The number of aryl methyl sites for hydroxylation is 2. The summed E-state index contributed by atoms with van der Waals surface area (Å²) in [4.78, 5) is 19.0. The van der Waals surface area contributed by atoms with E-state index in [1.54, 1.807) is 26.0 Å². The summed E-state index contributed by atoms with van der Waals surface area (Å²) in [5.41, 5.74) is 2.19. The fourth-order valence-corrected chi connectivity index (χ4v) is 4.00. The van der Waals surface area contributed by atoms with Crippen molar-refractivity contribution in [1.82, 2.24) is 15.3 Å². The van der Waals surface area contributed by atoms with Crippen molar-refractivity contribution >= 4 is 32.9 Å². The maximum absolute atomic E-state index is 13.1. The van der Waals surface area contributed by atoms with Crippen LogP contribution in [-0.2, 0) is 6.18 Å². The molecule has 0 aliphatic rings. The topological polar surface area (TPSA) is 70.9 Å². The molecule has 0 radical (unpaired) electrons. The van der Waals surface area contributed by atoms with Gasteiger partial charge in [-0.2, -0.15) is 13.2 Å². The van der Waals surface area contributed by atoms with Gasteiger partial charge in [0.25, 0.3) is 5.91 Å². The van der Waals surface area contributed by atoms with Gasteiger partial charge in [0, 0.05) is 0 Å². The molecule has 5 nitrogen and oxygen atoms in total. The number of carbonyl (C=O) groups excluding carboxylic acids is 1. The first kappa shape index (κ1) is 21.2. The van der Waals surface area contributed by atoms with Crippen molar-refractivity contribution in [3.8, 4) is 0 Å². The molecule has 1 amide bonds. The lowest BCUT2D eigenvalue weighted by Crippen LogP contribution is -2.29. The molecule has 0 spiro atoms. The SMILES string of the molecule is Cc1oc(C)c(C(=O)NC(c2ccccc2)c2ccc3nc(C(F)(F)F)[nH]c3c2)c1Br. The number of carbonyl (C=O) groups is 1. The highest BCUT2D eigenvalue weighted by atomic mass is 79.9. The Kier molecular flexibility index (Phi) is 5.38. The van der Waals surface area contributed by atoms with Gasteiger partial charge in [0.2, 0.25) is 5.82 Å². The Hall–Kier alpha value is -3.07. The second-order valence-electron chi connectivity index (χ2n) is 7.08. The van der Waals surface area contributed by atoms with Crippen molar-refractivity contribution in [2.45, 2.75) is 26.1 Å². The molecule has 0 fully saturated rings. The number of nitrogens with one attached hydrogen (secondary N) is 2. The zero-order chi connectivity index (χ0) is 22.3. The average Bonchev–Trinajstić information content (AvgIpc) is 3.26. The summed E-state index contributed by atoms with van der Waals surface area (Å²) in [6.07, 6.45) is -4.57. The Labute approximate surface area is 183 Å². The van der Waals surface area contributed by atoms with Crippen LogP contribution in [0.3, 0.4) is 0 Å². The molecule has 0 saturated heterocycles. The van der Waals surface area contributed by atoms with E-state index in [4.69, 9.17) is 4.42 Å². The number of H-pyrrole nitrogens is 1. The smallest absolute Gasteiger partial charge is 0.449 e. The third-order valence-electron chi connectivity index (χ3n) is 4.93. The predicted octanol–water partition coefficient (Wildman–Crippen LogP) is 6.07. The van der Waals surface area contributed by atoms with E-state index in [1.165, 1.54) is 6.07 Å². The van der Waals surface area contributed by atoms with Crippen LogP contribution in [0.25, 0.3) is 11.0 Å². The molecule has 2 heterocycles. The Morgan fingerprint density at radius 1 is 1.10 bits per heavy atom. The van der Waals surface area contributed by atoms with E-state index in [0.717, 1.165) is 5.56 Å². The zero-order valence-corrected chi connectivity index (χ0v) is 18.1. The molecule has 0 saturated carbocycles. The normalized spacial score (nSPS) is 12.8. The highest BCUT2D eigenvalue weighted by Crippen LogP contribution is 2.32. The predicted molar refractivity (Wildman–Crippen MR) is 113 cm³/mol. The number of rotatable bonds is 4. The number of hydrogen-bond donors (Lipinski definition) is 2. The molecule has 2 N–H and O–H groups in total. The number of furan rings is 1. The van der Waals surface area contributed by atoms with Crippen LogP contribution in [0, 0.1) is 13.8 Å². The van der Waals surface area contributed by atoms with Gasteiger partial charge in [-0.3, -0.25) is 4.79 Å². The van der Waals surface area contributed by atoms with Gasteiger partial charge in [0.15, 0.2) is 0 Å². The van der Waals surface area contributed by atoms with Crippen molar-refractivity contribution in [1.29, 1.82) is 0 Å². The molecular weight excluding hydrogens is 475 g/mol. The number of imidazole rings is 1. The van der Waals surface area contributed by atoms with Crippen LogP contribution < -0.4 is 5.32 Å². The quantitative estimate of drug-likeness (QED) is 0.363. The minimum Gasteiger partial charge on any atom is -0.465 e. The number of benzene rings is 2. The number of aromatic nitrogens is 2. The van der Waals surface area contributed by atoms with E-state index in [9.17, 15) is 18.0 Å². The van der Waals surface area contributed by atoms with Gasteiger partial charge >= 0.3 is 6.18 Å². The zero-order valence-electron chi connectivity index (χ0n) is 16.5. The number of halogens is 4. The van der Waals surface area contributed by atoms with Crippen molar-refractivity contribution in [2.75, 3.05) is 0 Å². The van der Waals surface area contributed by atoms with Crippen molar-refractivity contribution in [3.63, 3.8) is 0 Å². The van der Waals surface area contributed by atoms with E-state index >= 15 is 0 Å². The van der Waals surface area contributed by atoms with Crippen molar-refractivity contribution < 1.29 is 22.4 Å². The van der Waals surface area contributed by atoms with E-state index in [0.29, 0.717) is 27.1 Å². The molecule has 4 rings (SSSR count). The van der Waals surface area contributed by atoms with Crippen LogP contribution in [0.5, 0.6) is 0 Å². The van der Waals surface area contributed by atoms with Crippen LogP contribution in [0.15, 0.2) is 57.4 Å². The summed E-state index contributed by atoms with van der Waals surface area (Å²) in [7, 11) is 0. The largest absolute Gasteiger partial charge is 0.465 e. The molecule has 1 unspecified atom stereocenters. The molecule has 2 aromatic carbocycles. The molecule has 4 aromatic rings. The van der Waals surface area contributed by atoms with E-state index in [1.807, 2.05) is 30.3 Å². The fourth-order valence-electron chi connectivity index (χ4n) is 3.46. The summed E-state index contributed by atoms with van der Waals surface area (Å²) in [6.45, 7) is 3.44. The maximum Gasteiger partial charge on any atom is 0.449 e. The second-order valence-corrected chi connectivity index (χ2v) is 7.87. The lowest BCUT2D eigenvalue weighted by atomic mass is 9.97.